The van der Waals surface area contributed by atoms with Gasteiger partial charge in [-0.1, -0.05) is 18.2 Å². The Bertz CT molecular complexity index is 975. The quantitative estimate of drug-likeness (QED) is 0.671. The number of piperazine rings is 1. The lowest BCUT2D eigenvalue weighted by Crippen LogP contribution is -2.56. The number of nitrogens with zero attached hydrogens (tertiary/aromatic N) is 6. The normalized spacial score (nSPS) is 25.3. The highest BCUT2D eigenvalue weighted by molar-refractivity contribution is 5.77. The predicted molar refractivity (Wildman–Crippen MR) is 135 cm³/mol. The standard InChI is InChI=1S/C26H37N7O2/c1-30-13-15-32(16-14-30)18-20-5-3-4-6-24(20)33-11-8-21(9-12-33)35-26-29-23(17-25(34)31(26)2)22-7-10-27-19-28-22/h3-7,10,19,21,23,26,29H,8-9,11-18H2,1-2H3. The van der Waals surface area contributed by atoms with Crippen LogP contribution in [0.15, 0.2) is 42.9 Å². The molecule has 9 nitrogen and oxygen atoms in total. The lowest BCUT2D eigenvalue weighted by molar-refractivity contribution is -0.167. The molecule has 2 atom stereocenters. The van der Waals surface area contributed by atoms with Gasteiger partial charge in [-0.2, -0.15) is 0 Å². The van der Waals surface area contributed by atoms with Crippen LogP contribution in [0.4, 0.5) is 5.69 Å². The second-order valence-electron chi connectivity index (χ2n) is 9.95. The van der Waals surface area contributed by atoms with Gasteiger partial charge < -0.3 is 19.4 Å². The van der Waals surface area contributed by atoms with Crippen molar-refractivity contribution in [2.45, 2.75) is 44.3 Å². The molecule has 5 rings (SSSR count). The summed E-state index contributed by atoms with van der Waals surface area (Å²) in [5.41, 5.74) is 3.57. The molecule has 1 aromatic carbocycles. The number of aromatic nitrogens is 2. The number of para-hydroxylation sites is 1. The van der Waals surface area contributed by atoms with Crippen molar-refractivity contribution in [3.8, 4) is 0 Å². The molecule has 3 aliphatic heterocycles. The molecule has 0 aliphatic carbocycles. The molecule has 1 N–H and O–H groups in total. The van der Waals surface area contributed by atoms with Crippen molar-refractivity contribution in [3.63, 3.8) is 0 Å². The number of hydrogen-bond acceptors (Lipinski definition) is 8. The second-order valence-corrected chi connectivity index (χ2v) is 9.95. The smallest absolute Gasteiger partial charge is 0.227 e. The third-order valence-electron chi connectivity index (χ3n) is 7.52. The van der Waals surface area contributed by atoms with E-state index >= 15 is 0 Å². The molecular weight excluding hydrogens is 442 g/mol. The highest BCUT2D eigenvalue weighted by Gasteiger charge is 2.35. The van der Waals surface area contributed by atoms with E-state index in [0.717, 1.165) is 64.3 Å². The molecule has 3 aliphatic rings. The number of anilines is 1. The van der Waals surface area contributed by atoms with Crippen molar-refractivity contribution in [2.75, 3.05) is 58.3 Å². The maximum atomic E-state index is 12.6. The summed E-state index contributed by atoms with van der Waals surface area (Å²) in [6.45, 7) is 7.41. The second kappa shape index (κ2) is 11.0. The molecule has 188 valence electrons. The van der Waals surface area contributed by atoms with E-state index in [2.05, 4.69) is 61.3 Å². The number of benzene rings is 1. The summed E-state index contributed by atoms with van der Waals surface area (Å²) >= 11 is 0. The number of ether oxygens (including phenoxy) is 1. The van der Waals surface area contributed by atoms with Gasteiger partial charge in [0.2, 0.25) is 5.91 Å². The van der Waals surface area contributed by atoms with E-state index in [1.165, 1.54) is 17.6 Å². The molecule has 1 amide bonds. The lowest BCUT2D eigenvalue weighted by Gasteiger charge is -2.41. The van der Waals surface area contributed by atoms with E-state index in [1.807, 2.05) is 6.07 Å². The largest absolute Gasteiger partial charge is 0.371 e. The third-order valence-corrected chi connectivity index (χ3v) is 7.52. The van der Waals surface area contributed by atoms with Gasteiger partial charge in [0.1, 0.15) is 6.33 Å². The van der Waals surface area contributed by atoms with Crippen molar-refractivity contribution in [2.24, 2.45) is 0 Å². The van der Waals surface area contributed by atoms with Crippen LogP contribution in [0.3, 0.4) is 0 Å². The molecule has 0 spiro atoms. The van der Waals surface area contributed by atoms with Gasteiger partial charge in [-0.3, -0.25) is 15.0 Å². The Labute approximate surface area is 208 Å². The number of hydrogen-bond donors (Lipinski definition) is 1. The molecule has 0 saturated carbocycles. The monoisotopic (exact) mass is 479 g/mol. The van der Waals surface area contributed by atoms with E-state index in [1.54, 1.807) is 18.1 Å². The van der Waals surface area contributed by atoms with E-state index < -0.39 is 6.35 Å². The molecule has 3 fully saturated rings. The number of nitrogens with one attached hydrogen (secondary N) is 1. The molecule has 4 heterocycles. The fraction of sp³-hybridized carbons (Fsp3) is 0.577. The van der Waals surface area contributed by atoms with Crippen LogP contribution in [0.2, 0.25) is 0 Å². The fourth-order valence-electron chi connectivity index (χ4n) is 5.23. The van der Waals surface area contributed by atoms with Crippen LogP contribution in [0, 0.1) is 0 Å². The summed E-state index contributed by atoms with van der Waals surface area (Å²) in [6, 6.07) is 10.5. The number of amides is 1. The van der Waals surface area contributed by atoms with Gasteiger partial charge in [-0.15, -0.1) is 0 Å². The Morgan fingerprint density at radius 1 is 1.03 bits per heavy atom. The van der Waals surface area contributed by atoms with E-state index in [0.29, 0.717) is 6.42 Å². The minimum Gasteiger partial charge on any atom is -0.371 e. The molecule has 2 unspecified atom stereocenters. The van der Waals surface area contributed by atoms with Crippen molar-refractivity contribution in [3.05, 3.63) is 54.1 Å². The maximum absolute atomic E-state index is 12.6. The maximum Gasteiger partial charge on any atom is 0.227 e. The van der Waals surface area contributed by atoms with E-state index in [4.69, 9.17) is 4.74 Å². The first kappa shape index (κ1) is 24.1. The summed E-state index contributed by atoms with van der Waals surface area (Å²) in [4.78, 5) is 30.1. The summed E-state index contributed by atoms with van der Waals surface area (Å²) in [5.74, 6) is 0.0626. The van der Waals surface area contributed by atoms with Crippen LogP contribution in [0.1, 0.15) is 36.6 Å². The minimum absolute atomic E-state index is 0.0626. The average molecular weight is 480 g/mol. The van der Waals surface area contributed by atoms with Crippen molar-refractivity contribution in [1.82, 2.24) is 30.0 Å². The van der Waals surface area contributed by atoms with Gasteiger partial charge in [0, 0.05) is 71.2 Å². The number of carbonyl (C=O) groups is 1. The average Bonchev–Trinajstić information content (AvgIpc) is 2.89. The van der Waals surface area contributed by atoms with Crippen LogP contribution in [-0.2, 0) is 16.1 Å². The van der Waals surface area contributed by atoms with Crippen molar-refractivity contribution < 1.29 is 9.53 Å². The first-order valence-corrected chi connectivity index (χ1v) is 12.7. The van der Waals surface area contributed by atoms with Gasteiger partial charge in [0.05, 0.1) is 17.8 Å². The third kappa shape index (κ3) is 5.81. The number of carbonyl (C=O) groups excluding carboxylic acids is 1. The molecule has 0 radical (unpaired) electrons. The van der Waals surface area contributed by atoms with Crippen LogP contribution in [0.25, 0.3) is 0 Å². The van der Waals surface area contributed by atoms with Crippen LogP contribution < -0.4 is 10.2 Å². The summed E-state index contributed by atoms with van der Waals surface area (Å²) in [6.07, 6.45) is 5.12. The molecule has 3 saturated heterocycles. The first-order valence-electron chi connectivity index (χ1n) is 12.7. The van der Waals surface area contributed by atoms with Crippen LogP contribution >= 0.6 is 0 Å². The van der Waals surface area contributed by atoms with Crippen molar-refractivity contribution in [1.29, 1.82) is 0 Å². The highest BCUT2D eigenvalue weighted by Crippen LogP contribution is 2.28. The number of likely N-dealkylation sites (N-methyl/N-ethyl adjacent to an activating group) is 1. The van der Waals surface area contributed by atoms with Crippen LogP contribution in [-0.4, -0.2) is 96.4 Å². The Morgan fingerprint density at radius 2 is 1.80 bits per heavy atom. The zero-order chi connectivity index (χ0) is 24.2. The molecule has 1 aromatic heterocycles. The van der Waals surface area contributed by atoms with E-state index in [9.17, 15) is 4.79 Å². The van der Waals surface area contributed by atoms with E-state index in [-0.39, 0.29) is 18.1 Å². The Hall–Kier alpha value is -2.59. The molecule has 9 heteroatoms. The minimum atomic E-state index is -0.447. The summed E-state index contributed by atoms with van der Waals surface area (Å²) in [5, 5.41) is 3.47. The predicted octanol–water partition coefficient (Wildman–Crippen LogP) is 1.69. The Balaban J connectivity index is 1.17. The molecular formula is C26H37N7O2. The highest BCUT2D eigenvalue weighted by atomic mass is 16.5. The lowest BCUT2D eigenvalue weighted by atomic mass is 10.0. The summed E-state index contributed by atoms with van der Waals surface area (Å²) < 4.78 is 6.42. The van der Waals surface area contributed by atoms with Gasteiger partial charge >= 0.3 is 0 Å². The molecule has 35 heavy (non-hydrogen) atoms. The summed E-state index contributed by atoms with van der Waals surface area (Å²) in [7, 11) is 4.00. The van der Waals surface area contributed by atoms with Gasteiger partial charge in [-0.25, -0.2) is 9.97 Å². The fourth-order valence-corrected chi connectivity index (χ4v) is 5.23. The first-order chi connectivity index (χ1) is 17.1. The van der Waals surface area contributed by atoms with Crippen LogP contribution in [0.5, 0.6) is 0 Å². The molecule has 0 bridgehead atoms. The zero-order valence-corrected chi connectivity index (χ0v) is 20.8. The van der Waals surface area contributed by atoms with Crippen molar-refractivity contribution >= 4 is 11.6 Å². The molecule has 2 aromatic rings. The van der Waals surface area contributed by atoms with Gasteiger partial charge in [-0.05, 0) is 37.6 Å². The number of piperidine rings is 1. The van der Waals surface area contributed by atoms with Gasteiger partial charge in [0.15, 0.2) is 6.35 Å². The van der Waals surface area contributed by atoms with Gasteiger partial charge in [0.25, 0.3) is 0 Å². The Kier molecular flexibility index (Phi) is 7.57. The Morgan fingerprint density at radius 3 is 2.54 bits per heavy atom. The SMILES string of the molecule is CN1CCN(Cc2ccccc2N2CCC(OC3NC(c4ccncn4)CC(=O)N3C)CC2)CC1. The topological polar surface area (TPSA) is 77.1 Å². The number of rotatable bonds is 6. The zero-order valence-electron chi connectivity index (χ0n) is 20.8.